The maximum Gasteiger partial charge on any atom is 0.274 e. The molecule has 0 aliphatic carbocycles. The first kappa shape index (κ1) is 17.4. The molecule has 0 radical (unpaired) electrons. The molecule has 0 aliphatic rings. The van der Waals surface area contributed by atoms with E-state index in [4.69, 9.17) is 4.74 Å². The zero-order valence-electron chi connectivity index (χ0n) is 14.7. The molecule has 26 heavy (non-hydrogen) atoms. The molecule has 0 bridgehead atoms. The van der Waals surface area contributed by atoms with Crippen LogP contribution in [0.3, 0.4) is 0 Å². The average molecular weight is 348 g/mol. The summed E-state index contributed by atoms with van der Waals surface area (Å²) in [5, 5.41) is 6.03. The number of ether oxygens (including phenoxy) is 1. The fourth-order valence-corrected chi connectivity index (χ4v) is 2.45. The monoisotopic (exact) mass is 348 g/mol. The fourth-order valence-electron chi connectivity index (χ4n) is 2.45. The Bertz CT molecular complexity index is 897. The van der Waals surface area contributed by atoms with Crippen molar-refractivity contribution in [3.8, 4) is 5.75 Å². The summed E-state index contributed by atoms with van der Waals surface area (Å²) in [5.74, 6) is 1.47. The zero-order chi connectivity index (χ0) is 18.4. The molecule has 6 nitrogen and oxygen atoms in total. The first-order chi connectivity index (χ1) is 12.7. The number of carbonyl (C=O) groups excluding carboxylic acids is 1. The number of rotatable bonds is 6. The number of nitrogens with one attached hydrogen (secondary N) is 2. The molecular weight excluding hydrogens is 328 g/mol. The molecular formula is C20H20N4O2. The van der Waals surface area contributed by atoms with Crippen molar-refractivity contribution in [2.45, 2.75) is 13.8 Å². The van der Waals surface area contributed by atoms with Crippen LogP contribution in [0.5, 0.6) is 5.75 Å². The molecule has 0 atom stereocenters. The van der Waals surface area contributed by atoms with Crippen LogP contribution in [0.4, 0.5) is 17.2 Å². The zero-order valence-corrected chi connectivity index (χ0v) is 14.7. The van der Waals surface area contributed by atoms with Crippen LogP contribution in [-0.2, 0) is 0 Å². The van der Waals surface area contributed by atoms with Gasteiger partial charge in [-0.3, -0.25) is 4.79 Å². The van der Waals surface area contributed by atoms with E-state index in [9.17, 15) is 4.79 Å². The second kappa shape index (κ2) is 8.11. The Labute approximate surface area is 152 Å². The Morgan fingerprint density at radius 3 is 2.54 bits per heavy atom. The predicted octanol–water partition coefficient (Wildman–Crippen LogP) is 4.18. The number of amides is 1. The molecule has 1 aromatic heterocycles. The van der Waals surface area contributed by atoms with Crippen LogP contribution in [0, 0.1) is 6.92 Å². The minimum atomic E-state index is -0.289. The number of aryl methyl sites for hydroxylation is 1. The second-order valence-electron chi connectivity index (χ2n) is 5.56. The van der Waals surface area contributed by atoms with Crippen molar-refractivity contribution < 1.29 is 9.53 Å². The number of para-hydroxylation sites is 3. The lowest BCUT2D eigenvalue weighted by Crippen LogP contribution is -2.15. The maximum absolute atomic E-state index is 12.5. The summed E-state index contributed by atoms with van der Waals surface area (Å²) in [5.41, 5.74) is 1.78. The minimum absolute atomic E-state index is 0.289. The van der Waals surface area contributed by atoms with E-state index in [-0.39, 0.29) is 11.6 Å². The van der Waals surface area contributed by atoms with Gasteiger partial charge in [-0.15, -0.1) is 0 Å². The van der Waals surface area contributed by atoms with Crippen LogP contribution in [0.25, 0.3) is 0 Å². The van der Waals surface area contributed by atoms with E-state index in [2.05, 4.69) is 20.6 Å². The van der Waals surface area contributed by atoms with E-state index >= 15 is 0 Å². The molecule has 1 amide bonds. The lowest BCUT2D eigenvalue weighted by Gasteiger charge is -2.13. The Morgan fingerprint density at radius 1 is 1.04 bits per heavy atom. The van der Waals surface area contributed by atoms with Crippen molar-refractivity contribution >= 4 is 23.1 Å². The number of anilines is 3. The van der Waals surface area contributed by atoms with Crippen molar-refractivity contribution in [1.82, 2.24) is 9.97 Å². The van der Waals surface area contributed by atoms with Crippen molar-refractivity contribution in [2.24, 2.45) is 0 Å². The summed E-state index contributed by atoms with van der Waals surface area (Å²) in [4.78, 5) is 21.1. The summed E-state index contributed by atoms with van der Waals surface area (Å²) in [6, 6.07) is 18.5. The van der Waals surface area contributed by atoms with Crippen LogP contribution >= 0.6 is 0 Å². The van der Waals surface area contributed by atoms with E-state index < -0.39 is 0 Å². The van der Waals surface area contributed by atoms with Crippen molar-refractivity contribution in [2.75, 3.05) is 17.2 Å². The van der Waals surface area contributed by atoms with Gasteiger partial charge in [0.25, 0.3) is 5.91 Å². The third-order valence-electron chi connectivity index (χ3n) is 3.55. The van der Waals surface area contributed by atoms with E-state index in [0.717, 1.165) is 11.4 Å². The number of carbonyl (C=O) groups is 1. The molecule has 132 valence electrons. The van der Waals surface area contributed by atoms with E-state index in [1.165, 1.54) is 0 Å². The normalized spacial score (nSPS) is 10.2. The Hall–Kier alpha value is -3.41. The van der Waals surface area contributed by atoms with Gasteiger partial charge in [-0.25, -0.2) is 9.97 Å². The molecule has 2 aromatic carbocycles. The minimum Gasteiger partial charge on any atom is -0.492 e. The highest BCUT2D eigenvalue weighted by Crippen LogP contribution is 2.27. The van der Waals surface area contributed by atoms with Crippen LogP contribution in [-0.4, -0.2) is 22.5 Å². The van der Waals surface area contributed by atoms with Gasteiger partial charge in [0.1, 0.15) is 23.1 Å². The standard InChI is InChI=1S/C20H20N4O2/c1-3-26-18-12-8-7-11-16(18)24-19-13-17(21-14(2)22-19)20(25)23-15-9-5-4-6-10-15/h4-13H,3H2,1-2H3,(H,23,25)(H,21,22,24). The van der Waals surface area contributed by atoms with Gasteiger partial charge in [0.2, 0.25) is 0 Å². The lowest BCUT2D eigenvalue weighted by atomic mass is 10.2. The lowest BCUT2D eigenvalue weighted by molar-refractivity contribution is 0.102. The highest BCUT2D eigenvalue weighted by molar-refractivity contribution is 6.03. The Balaban J connectivity index is 1.83. The van der Waals surface area contributed by atoms with E-state index in [0.29, 0.717) is 23.9 Å². The molecule has 6 heteroatoms. The van der Waals surface area contributed by atoms with Crippen LogP contribution in [0.1, 0.15) is 23.2 Å². The van der Waals surface area contributed by atoms with E-state index in [1.54, 1.807) is 13.0 Å². The summed E-state index contributed by atoms with van der Waals surface area (Å²) in [6.07, 6.45) is 0. The SMILES string of the molecule is CCOc1ccccc1Nc1cc(C(=O)Nc2ccccc2)nc(C)n1. The largest absolute Gasteiger partial charge is 0.492 e. The van der Waals surface area contributed by atoms with Crippen molar-refractivity contribution in [3.63, 3.8) is 0 Å². The summed E-state index contributed by atoms with van der Waals surface area (Å²) in [6.45, 7) is 4.24. The van der Waals surface area contributed by atoms with Gasteiger partial charge in [-0.05, 0) is 38.1 Å². The highest BCUT2D eigenvalue weighted by atomic mass is 16.5. The van der Waals surface area contributed by atoms with Gasteiger partial charge in [0.05, 0.1) is 12.3 Å². The van der Waals surface area contributed by atoms with Crippen molar-refractivity contribution in [1.29, 1.82) is 0 Å². The number of hydrogen-bond acceptors (Lipinski definition) is 5. The fraction of sp³-hybridized carbons (Fsp3) is 0.150. The average Bonchev–Trinajstić information content (AvgIpc) is 2.64. The molecule has 0 saturated carbocycles. The molecule has 1 heterocycles. The van der Waals surface area contributed by atoms with Crippen molar-refractivity contribution in [3.05, 3.63) is 72.2 Å². The van der Waals surface area contributed by atoms with Crippen LogP contribution in [0.2, 0.25) is 0 Å². The highest BCUT2D eigenvalue weighted by Gasteiger charge is 2.12. The van der Waals surface area contributed by atoms with Crippen LogP contribution in [0.15, 0.2) is 60.7 Å². The number of hydrogen-bond donors (Lipinski definition) is 2. The van der Waals surface area contributed by atoms with Gasteiger partial charge >= 0.3 is 0 Å². The topological polar surface area (TPSA) is 76.1 Å². The molecule has 2 N–H and O–H groups in total. The molecule has 0 saturated heterocycles. The summed E-state index contributed by atoms with van der Waals surface area (Å²) >= 11 is 0. The van der Waals surface area contributed by atoms with Gasteiger partial charge in [-0.1, -0.05) is 30.3 Å². The second-order valence-corrected chi connectivity index (χ2v) is 5.56. The quantitative estimate of drug-likeness (QED) is 0.699. The predicted molar refractivity (Wildman–Crippen MR) is 102 cm³/mol. The third kappa shape index (κ3) is 4.36. The first-order valence-corrected chi connectivity index (χ1v) is 8.36. The number of aromatic nitrogens is 2. The number of nitrogens with zero attached hydrogens (tertiary/aromatic N) is 2. The Kier molecular flexibility index (Phi) is 5.43. The molecule has 0 spiro atoms. The first-order valence-electron chi connectivity index (χ1n) is 8.36. The smallest absolute Gasteiger partial charge is 0.274 e. The van der Waals surface area contributed by atoms with Gasteiger partial charge < -0.3 is 15.4 Å². The summed E-state index contributed by atoms with van der Waals surface area (Å²) < 4.78 is 5.61. The molecule has 3 aromatic rings. The molecule has 0 aliphatic heterocycles. The maximum atomic E-state index is 12.5. The summed E-state index contributed by atoms with van der Waals surface area (Å²) in [7, 11) is 0. The molecule has 0 unspecified atom stereocenters. The Morgan fingerprint density at radius 2 is 1.77 bits per heavy atom. The third-order valence-corrected chi connectivity index (χ3v) is 3.55. The number of benzene rings is 2. The van der Waals surface area contributed by atoms with Gasteiger partial charge in [0, 0.05) is 11.8 Å². The molecule has 3 rings (SSSR count). The van der Waals surface area contributed by atoms with E-state index in [1.807, 2.05) is 61.5 Å². The molecule has 0 fully saturated rings. The van der Waals surface area contributed by atoms with Gasteiger partial charge in [-0.2, -0.15) is 0 Å². The van der Waals surface area contributed by atoms with Gasteiger partial charge in [0.15, 0.2) is 0 Å². The van der Waals surface area contributed by atoms with Crippen LogP contribution < -0.4 is 15.4 Å².